The third-order valence-corrected chi connectivity index (χ3v) is 6.03. The Morgan fingerprint density at radius 2 is 1.56 bits per heavy atom. The van der Waals surface area contributed by atoms with Gasteiger partial charge in [-0.25, -0.2) is 0 Å². The lowest BCUT2D eigenvalue weighted by Crippen LogP contribution is -2.15. The van der Waals surface area contributed by atoms with Crippen LogP contribution in [0, 0.1) is 13.8 Å². The van der Waals surface area contributed by atoms with Crippen LogP contribution in [0.15, 0.2) is 66.9 Å². The minimum Gasteiger partial charge on any atom is -0.486 e. The predicted octanol–water partition coefficient (Wildman–Crippen LogP) is 5.64. The lowest BCUT2D eigenvalue weighted by molar-refractivity contribution is 0.172. The molecule has 0 saturated heterocycles. The highest BCUT2D eigenvalue weighted by Crippen LogP contribution is 2.41. The summed E-state index contributed by atoms with van der Waals surface area (Å²) in [5.41, 5.74) is 8.65. The Morgan fingerprint density at radius 3 is 2.34 bits per heavy atom. The quantitative estimate of drug-likeness (QED) is 0.378. The number of aryl methyl sites for hydroxylation is 2. The van der Waals surface area contributed by atoms with Gasteiger partial charge in [-0.05, 0) is 25.5 Å². The van der Waals surface area contributed by atoms with Crippen molar-refractivity contribution >= 4 is 10.9 Å². The second-order valence-electron chi connectivity index (χ2n) is 8.44. The molecule has 0 radical (unpaired) electrons. The third kappa shape index (κ3) is 3.17. The Kier molecular flexibility index (Phi) is 4.35. The fourth-order valence-electron chi connectivity index (χ4n) is 4.43. The first-order valence-corrected chi connectivity index (χ1v) is 10.9. The molecule has 0 N–H and O–H groups in total. The molecular weight excluding hydrogens is 398 g/mol. The zero-order valence-electron chi connectivity index (χ0n) is 18.1. The van der Waals surface area contributed by atoms with Gasteiger partial charge in [-0.3, -0.25) is 0 Å². The smallest absolute Gasteiger partial charge is 0.163 e. The standard InChI is InChI=1S/C27H23N3O2/c1-17-6-8-20(9-7-17)26-22-16-30(15-19-5-3-4-18(2)12-19)23-14-25-24(31-10-11-32-25)13-21(23)27(22)29-28-26/h3-9,12-14,16H,10-11,15H2,1-2H3. The third-order valence-electron chi connectivity index (χ3n) is 6.03. The molecule has 5 nitrogen and oxygen atoms in total. The van der Waals surface area contributed by atoms with Gasteiger partial charge in [0, 0.05) is 35.3 Å². The van der Waals surface area contributed by atoms with E-state index in [1.807, 2.05) is 6.07 Å². The Labute approximate surface area is 186 Å². The largest absolute Gasteiger partial charge is 0.486 e. The maximum absolute atomic E-state index is 5.88. The monoisotopic (exact) mass is 421 g/mol. The second kappa shape index (κ2) is 7.38. The van der Waals surface area contributed by atoms with Crippen molar-refractivity contribution in [2.24, 2.45) is 0 Å². The van der Waals surface area contributed by atoms with E-state index in [-0.39, 0.29) is 0 Å². The number of hydrogen-bond donors (Lipinski definition) is 0. The SMILES string of the molecule is Cc1ccc(-c2nnc3c4cc5c(cc4n(Cc4cccc(C)c4)cc2-3)OCCO5)cc1. The van der Waals surface area contributed by atoms with Crippen LogP contribution in [-0.4, -0.2) is 28.0 Å². The zero-order valence-corrected chi connectivity index (χ0v) is 18.1. The van der Waals surface area contributed by atoms with Crippen LogP contribution in [0.5, 0.6) is 11.5 Å². The van der Waals surface area contributed by atoms with E-state index < -0.39 is 0 Å². The van der Waals surface area contributed by atoms with E-state index in [1.54, 1.807) is 0 Å². The first-order chi connectivity index (χ1) is 15.7. The minimum atomic E-state index is 0.555. The lowest BCUT2D eigenvalue weighted by Gasteiger charge is -2.21. The van der Waals surface area contributed by atoms with E-state index >= 15 is 0 Å². The van der Waals surface area contributed by atoms with E-state index in [2.05, 4.69) is 89.4 Å². The van der Waals surface area contributed by atoms with Crippen molar-refractivity contribution in [3.8, 4) is 34.0 Å². The molecule has 32 heavy (non-hydrogen) atoms. The number of ether oxygens (including phenoxy) is 2. The molecule has 3 aliphatic rings. The van der Waals surface area contributed by atoms with E-state index in [9.17, 15) is 0 Å². The van der Waals surface area contributed by atoms with Crippen LogP contribution >= 0.6 is 0 Å². The summed E-state index contributed by atoms with van der Waals surface area (Å²) in [5.74, 6) is 1.54. The van der Waals surface area contributed by atoms with Gasteiger partial charge in [0.15, 0.2) is 11.5 Å². The lowest BCUT2D eigenvalue weighted by atomic mass is 10.0. The molecular formula is C27H23N3O2. The van der Waals surface area contributed by atoms with E-state index in [0.29, 0.717) is 13.2 Å². The summed E-state index contributed by atoms with van der Waals surface area (Å²) in [5, 5.41) is 10.2. The number of benzene rings is 3. The van der Waals surface area contributed by atoms with Gasteiger partial charge in [0.25, 0.3) is 0 Å². The van der Waals surface area contributed by atoms with Gasteiger partial charge in [0.05, 0.1) is 5.52 Å². The number of rotatable bonds is 3. The Morgan fingerprint density at radius 1 is 0.812 bits per heavy atom. The van der Waals surface area contributed by atoms with Gasteiger partial charge in [-0.1, -0.05) is 59.7 Å². The average Bonchev–Trinajstić information content (AvgIpc) is 3.23. The molecule has 3 aliphatic heterocycles. The summed E-state index contributed by atoms with van der Waals surface area (Å²) in [6, 6.07) is 21.2. The summed E-state index contributed by atoms with van der Waals surface area (Å²) in [4.78, 5) is 0. The number of fused-ring (bicyclic) bond motifs is 4. The van der Waals surface area contributed by atoms with Gasteiger partial charge in [0.2, 0.25) is 0 Å². The van der Waals surface area contributed by atoms with Crippen molar-refractivity contribution in [3.05, 3.63) is 83.6 Å². The number of pyridine rings is 1. The highest BCUT2D eigenvalue weighted by atomic mass is 16.6. The normalized spacial score (nSPS) is 13.1. The van der Waals surface area contributed by atoms with Gasteiger partial charge in [-0.2, -0.15) is 0 Å². The fourth-order valence-corrected chi connectivity index (χ4v) is 4.43. The summed E-state index contributed by atoms with van der Waals surface area (Å²) in [6.45, 7) is 6.07. The fraction of sp³-hybridized carbons (Fsp3) is 0.185. The molecule has 0 unspecified atom stereocenters. The van der Waals surface area contributed by atoms with Crippen molar-refractivity contribution in [2.45, 2.75) is 20.4 Å². The summed E-state index contributed by atoms with van der Waals surface area (Å²) >= 11 is 0. The van der Waals surface area contributed by atoms with Gasteiger partial charge >= 0.3 is 0 Å². The summed E-state index contributed by atoms with van der Waals surface area (Å²) in [7, 11) is 0. The molecule has 158 valence electrons. The van der Waals surface area contributed by atoms with Crippen LogP contribution in [0.1, 0.15) is 16.7 Å². The highest BCUT2D eigenvalue weighted by molar-refractivity contribution is 5.99. The first kappa shape index (κ1) is 18.9. The van der Waals surface area contributed by atoms with Crippen molar-refractivity contribution in [1.82, 2.24) is 14.8 Å². The van der Waals surface area contributed by atoms with E-state index in [4.69, 9.17) is 9.47 Å². The van der Waals surface area contributed by atoms with Crippen molar-refractivity contribution < 1.29 is 9.47 Å². The van der Waals surface area contributed by atoms with Crippen LogP contribution in [0.2, 0.25) is 0 Å². The van der Waals surface area contributed by atoms with Crippen molar-refractivity contribution in [3.63, 3.8) is 0 Å². The Balaban J connectivity index is 1.60. The van der Waals surface area contributed by atoms with Crippen molar-refractivity contribution in [2.75, 3.05) is 13.2 Å². The molecule has 0 saturated carbocycles. The van der Waals surface area contributed by atoms with Crippen molar-refractivity contribution in [1.29, 1.82) is 0 Å². The molecule has 5 heteroatoms. The van der Waals surface area contributed by atoms with E-state index in [0.717, 1.165) is 51.5 Å². The zero-order chi connectivity index (χ0) is 21.7. The topological polar surface area (TPSA) is 49.2 Å². The molecule has 0 atom stereocenters. The molecule has 0 amide bonds. The van der Waals surface area contributed by atoms with Crippen LogP contribution in [0.3, 0.4) is 0 Å². The average molecular weight is 422 g/mol. The molecule has 3 aromatic carbocycles. The molecule has 3 heterocycles. The van der Waals surface area contributed by atoms with Crippen LogP contribution in [-0.2, 0) is 6.54 Å². The molecule has 0 fully saturated rings. The van der Waals surface area contributed by atoms with Crippen LogP contribution in [0.25, 0.3) is 33.4 Å². The van der Waals surface area contributed by atoms with E-state index in [1.165, 1.54) is 16.7 Å². The molecule has 3 aromatic rings. The first-order valence-electron chi connectivity index (χ1n) is 10.9. The number of nitrogens with zero attached hydrogens (tertiary/aromatic N) is 3. The molecule has 0 spiro atoms. The predicted molar refractivity (Wildman–Crippen MR) is 126 cm³/mol. The Hall–Kier alpha value is -3.86. The minimum absolute atomic E-state index is 0.555. The maximum atomic E-state index is 5.88. The molecule has 0 aliphatic carbocycles. The van der Waals surface area contributed by atoms with Gasteiger partial charge < -0.3 is 14.0 Å². The number of aromatic nitrogens is 3. The second-order valence-corrected chi connectivity index (χ2v) is 8.44. The highest BCUT2D eigenvalue weighted by Gasteiger charge is 2.23. The van der Waals surface area contributed by atoms with Gasteiger partial charge in [-0.15, -0.1) is 10.2 Å². The summed E-state index contributed by atoms with van der Waals surface area (Å²) < 4.78 is 14.0. The molecule has 6 rings (SSSR count). The Bertz CT molecular complexity index is 1420. The summed E-state index contributed by atoms with van der Waals surface area (Å²) in [6.07, 6.45) is 2.17. The molecule has 0 aromatic heterocycles. The maximum Gasteiger partial charge on any atom is 0.163 e. The van der Waals surface area contributed by atoms with Gasteiger partial charge in [0.1, 0.15) is 24.6 Å². The van der Waals surface area contributed by atoms with Crippen LogP contribution < -0.4 is 9.47 Å². The van der Waals surface area contributed by atoms with Crippen LogP contribution in [0.4, 0.5) is 0 Å². The number of hydrogen-bond acceptors (Lipinski definition) is 4. The molecule has 0 bridgehead atoms.